The minimum Gasteiger partial charge on any atom is -0.456 e. The zero-order valence-electron chi connectivity index (χ0n) is 20.2. The average Bonchev–Trinajstić information content (AvgIpc) is 2.85. The van der Waals surface area contributed by atoms with Crippen LogP contribution in [-0.4, -0.2) is 43.7 Å². The molecule has 4 nitrogen and oxygen atoms in total. The van der Waals surface area contributed by atoms with E-state index in [1.54, 1.807) is 5.57 Å². The fourth-order valence-corrected chi connectivity index (χ4v) is 7.53. The number of hydrogen-bond acceptors (Lipinski definition) is 4. The van der Waals surface area contributed by atoms with Crippen molar-refractivity contribution in [2.45, 2.75) is 77.2 Å². The van der Waals surface area contributed by atoms with E-state index < -0.39 is 0 Å². The van der Waals surface area contributed by atoms with E-state index in [9.17, 15) is 0 Å². The highest BCUT2D eigenvalue weighted by atomic mass is 16.3. The third kappa shape index (κ3) is 3.09. The molecule has 0 saturated carbocycles. The number of benzene rings is 1. The number of fused-ring (bicyclic) bond motifs is 3. The van der Waals surface area contributed by atoms with Gasteiger partial charge in [0.05, 0.1) is 5.36 Å². The molecular formula is C29H37N3O. The van der Waals surface area contributed by atoms with Gasteiger partial charge in [0.2, 0.25) is 0 Å². The van der Waals surface area contributed by atoms with Crippen molar-refractivity contribution in [3.05, 3.63) is 33.2 Å². The minimum atomic E-state index is 0.565. The molecule has 1 aliphatic carbocycles. The van der Waals surface area contributed by atoms with Crippen molar-refractivity contribution in [2.24, 2.45) is 10.9 Å². The molecule has 2 saturated heterocycles. The van der Waals surface area contributed by atoms with E-state index in [0.29, 0.717) is 12.0 Å². The van der Waals surface area contributed by atoms with Gasteiger partial charge < -0.3 is 9.32 Å². The summed E-state index contributed by atoms with van der Waals surface area (Å²) in [6.45, 7) is 8.10. The van der Waals surface area contributed by atoms with Gasteiger partial charge in [-0.05, 0) is 94.0 Å². The number of unbranched alkanes of at least 4 members (excludes halogenated alkanes) is 1. The second-order valence-corrected chi connectivity index (χ2v) is 10.9. The molecule has 2 unspecified atom stereocenters. The summed E-state index contributed by atoms with van der Waals surface area (Å²) in [7, 11) is 0. The molecule has 174 valence electrons. The Labute approximate surface area is 196 Å². The van der Waals surface area contributed by atoms with Gasteiger partial charge in [0.15, 0.2) is 0 Å². The van der Waals surface area contributed by atoms with Crippen molar-refractivity contribution >= 4 is 28.3 Å². The molecule has 0 bridgehead atoms. The third-order valence-corrected chi connectivity index (χ3v) is 8.92. The van der Waals surface area contributed by atoms with Crippen LogP contribution in [0.5, 0.6) is 0 Å². The number of nitrogens with zero attached hydrogens (tertiary/aromatic N) is 3. The molecule has 2 atom stereocenters. The zero-order chi connectivity index (χ0) is 21.9. The van der Waals surface area contributed by atoms with Crippen LogP contribution in [-0.2, 0) is 12.8 Å². The number of aryl methyl sites for hydroxylation is 2. The van der Waals surface area contributed by atoms with Crippen LogP contribution < -0.4 is 20.9 Å². The first kappa shape index (κ1) is 20.3. The molecule has 5 aliphatic rings. The summed E-state index contributed by atoms with van der Waals surface area (Å²) in [6.07, 6.45) is 14.8. The molecular weight excluding hydrogens is 406 g/mol. The standard InChI is InChI=1S/C29H37N3O/c1-2-3-12-30-25-23-17-19-8-4-13-31-15-6-10-21(26(19)31)28(23)33-29-22-11-7-16-32-14-5-9-20(27(22)32)18-24(25)29/h17-19,26H,2-16H2,1H3. The molecule has 33 heavy (non-hydrogen) atoms. The monoisotopic (exact) mass is 443 g/mol. The Bertz CT molecular complexity index is 1300. The topological polar surface area (TPSA) is 32.0 Å². The molecule has 1 aromatic carbocycles. The second kappa shape index (κ2) is 8.01. The highest BCUT2D eigenvalue weighted by Crippen LogP contribution is 2.40. The number of anilines is 1. The van der Waals surface area contributed by atoms with Crippen LogP contribution in [0.25, 0.3) is 22.6 Å². The van der Waals surface area contributed by atoms with Gasteiger partial charge in [-0.3, -0.25) is 9.89 Å². The summed E-state index contributed by atoms with van der Waals surface area (Å²) < 4.78 is 7.05. The quantitative estimate of drug-likeness (QED) is 0.679. The number of hydrogen-bond donors (Lipinski definition) is 0. The molecule has 1 aromatic heterocycles. The lowest BCUT2D eigenvalue weighted by Crippen LogP contribution is -2.56. The molecule has 7 rings (SSSR count). The molecule has 5 heterocycles. The van der Waals surface area contributed by atoms with Gasteiger partial charge in [-0.25, -0.2) is 0 Å². The Balaban J connectivity index is 1.59. The largest absolute Gasteiger partial charge is 0.456 e. The van der Waals surface area contributed by atoms with Gasteiger partial charge in [-0.1, -0.05) is 19.4 Å². The van der Waals surface area contributed by atoms with Crippen molar-refractivity contribution in [1.82, 2.24) is 4.90 Å². The minimum absolute atomic E-state index is 0.565. The van der Waals surface area contributed by atoms with E-state index in [4.69, 9.17) is 9.41 Å². The normalized spacial score (nSPS) is 26.6. The van der Waals surface area contributed by atoms with E-state index in [0.717, 1.165) is 25.0 Å². The molecule has 0 spiro atoms. The van der Waals surface area contributed by atoms with Crippen LogP contribution in [0.1, 0.15) is 69.4 Å². The van der Waals surface area contributed by atoms with Crippen molar-refractivity contribution in [3.8, 4) is 0 Å². The maximum atomic E-state index is 7.05. The molecule has 0 amide bonds. The Hall–Kier alpha value is -2.07. The fourth-order valence-electron chi connectivity index (χ4n) is 7.53. The van der Waals surface area contributed by atoms with Crippen molar-refractivity contribution in [2.75, 3.05) is 37.6 Å². The zero-order valence-corrected chi connectivity index (χ0v) is 20.2. The molecule has 4 aliphatic heterocycles. The van der Waals surface area contributed by atoms with Crippen LogP contribution in [0.3, 0.4) is 0 Å². The van der Waals surface area contributed by atoms with Gasteiger partial charge in [0.1, 0.15) is 11.0 Å². The van der Waals surface area contributed by atoms with Crippen molar-refractivity contribution in [1.29, 1.82) is 0 Å². The van der Waals surface area contributed by atoms with Gasteiger partial charge in [-0.2, -0.15) is 0 Å². The molecule has 0 N–H and O–H groups in total. The Morgan fingerprint density at radius 2 is 1.88 bits per heavy atom. The second-order valence-electron chi connectivity index (χ2n) is 10.9. The molecule has 0 radical (unpaired) electrons. The van der Waals surface area contributed by atoms with Crippen molar-refractivity contribution in [3.63, 3.8) is 0 Å². The predicted molar refractivity (Wildman–Crippen MR) is 135 cm³/mol. The highest BCUT2D eigenvalue weighted by Gasteiger charge is 2.38. The van der Waals surface area contributed by atoms with Crippen LogP contribution in [0.15, 0.2) is 15.5 Å². The first-order chi connectivity index (χ1) is 16.3. The first-order valence-corrected chi connectivity index (χ1v) is 13.7. The van der Waals surface area contributed by atoms with Crippen LogP contribution >= 0.6 is 0 Å². The maximum Gasteiger partial charge on any atom is 0.142 e. The molecule has 2 fully saturated rings. The van der Waals surface area contributed by atoms with Crippen LogP contribution in [0.4, 0.5) is 5.69 Å². The predicted octanol–water partition coefficient (Wildman–Crippen LogP) is 3.65. The summed E-state index contributed by atoms with van der Waals surface area (Å²) in [4.78, 5) is 10.7. The maximum absolute atomic E-state index is 7.05. The van der Waals surface area contributed by atoms with Gasteiger partial charge in [-0.15, -0.1) is 0 Å². The van der Waals surface area contributed by atoms with Gasteiger partial charge in [0, 0.05) is 47.5 Å². The summed E-state index contributed by atoms with van der Waals surface area (Å²) in [6, 6.07) is 3.04. The van der Waals surface area contributed by atoms with E-state index in [1.165, 1.54) is 116 Å². The lowest BCUT2D eigenvalue weighted by Gasteiger charge is -2.45. The molecule has 2 aromatic rings. The van der Waals surface area contributed by atoms with E-state index >= 15 is 0 Å². The molecule has 4 heteroatoms. The van der Waals surface area contributed by atoms with Gasteiger partial charge in [0.25, 0.3) is 0 Å². The van der Waals surface area contributed by atoms with Gasteiger partial charge >= 0.3 is 0 Å². The first-order valence-electron chi connectivity index (χ1n) is 13.7. The summed E-state index contributed by atoms with van der Waals surface area (Å²) >= 11 is 0. The Kier molecular flexibility index (Phi) is 4.93. The average molecular weight is 444 g/mol. The highest BCUT2D eigenvalue weighted by molar-refractivity contribution is 5.88. The SMILES string of the molecule is CCCCN=c1c2c(oc3c4c5c(cc13)CCCN5CCC4)=C1CCCN3CCCC(C=2)C13. The van der Waals surface area contributed by atoms with Crippen LogP contribution in [0, 0.1) is 5.92 Å². The lowest BCUT2D eigenvalue weighted by molar-refractivity contribution is 0.136. The summed E-state index contributed by atoms with van der Waals surface area (Å²) in [5.41, 5.74) is 8.44. The Morgan fingerprint density at radius 3 is 2.79 bits per heavy atom. The fraction of sp³-hybridized carbons (Fsp3) is 0.621. The Morgan fingerprint density at radius 1 is 1.03 bits per heavy atom. The lowest BCUT2D eigenvalue weighted by atomic mass is 9.77. The number of rotatable bonds is 3. The number of piperidine rings is 2. The van der Waals surface area contributed by atoms with Crippen LogP contribution in [0.2, 0.25) is 0 Å². The summed E-state index contributed by atoms with van der Waals surface area (Å²) in [5, 5.41) is 3.87. The van der Waals surface area contributed by atoms with E-state index in [1.807, 2.05) is 0 Å². The smallest absolute Gasteiger partial charge is 0.142 e. The summed E-state index contributed by atoms with van der Waals surface area (Å²) in [5.74, 6) is 0.626. The van der Waals surface area contributed by atoms with E-state index in [-0.39, 0.29) is 0 Å². The van der Waals surface area contributed by atoms with E-state index in [2.05, 4.69) is 28.9 Å². The third-order valence-electron chi connectivity index (χ3n) is 8.92. The van der Waals surface area contributed by atoms with Crippen molar-refractivity contribution < 1.29 is 4.42 Å².